The van der Waals surface area contributed by atoms with Gasteiger partial charge in [-0.2, -0.15) is 0 Å². The molecule has 1 heterocycles. The third kappa shape index (κ3) is 2.28. The zero-order valence-electron chi connectivity index (χ0n) is 8.59. The Kier molecular flexibility index (Phi) is 3.09. The molecule has 0 N–H and O–H groups in total. The smallest absolute Gasteiger partial charge is 0.0453 e. The lowest BCUT2D eigenvalue weighted by Crippen LogP contribution is -2.18. The highest BCUT2D eigenvalue weighted by Gasteiger charge is 2.12. The molecule has 1 aromatic carbocycles. The first-order valence-electron chi connectivity index (χ1n) is 5.23. The molecule has 0 bridgehead atoms. The molecule has 1 nitrogen and oxygen atoms in total. The van der Waals surface area contributed by atoms with Gasteiger partial charge in [-0.15, -0.1) is 0 Å². The number of halogens is 1. The predicted molar refractivity (Wildman–Crippen MR) is 60.7 cm³/mol. The summed E-state index contributed by atoms with van der Waals surface area (Å²) in [7, 11) is 0. The van der Waals surface area contributed by atoms with Gasteiger partial charge in [-0.25, -0.2) is 0 Å². The molecule has 14 heavy (non-hydrogen) atoms. The molecular formula is C12H16ClN. The number of benzene rings is 1. The van der Waals surface area contributed by atoms with E-state index >= 15 is 0 Å². The minimum absolute atomic E-state index is 0.914. The minimum atomic E-state index is 0.914. The molecule has 1 aromatic rings. The van der Waals surface area contributed by atoms with E-state index in [9.17, 15) is 0 Å². The summed E-state index contributed by atoms with van der Waals surface area (Å²) in [5, 5.41) is 0.914. The van der Waals surface area contributed by atoms with Crippen LogP contribution in [0.3, 0.4) is 0 Å². The molecule has 0 radical (unpaired) electrons. The molecule has 2 heteroatoms. The summed E-state index contributed by atoms with van der Waals surface area (Å²) in [6.07, 6.45) is 2.67. The minimum Gasteiger partial charge on any atom is -0.299 e. The molecule has 1 saturated heterocycles. The summed E-state index contributed by atoms with van der Waals surface area (Å²) in [5.74, 6) is 0. The number of hydrogen-bond acceptors (Lipinski definition) is 1. The molecule has 0 saturated carbocycles. The predicted octanol–water partition coefficient (Wildman–Crippen LogP) is 3.24. The van der Waals surface area contributed by atoms with Crippen molar-refractivity contribution >= 4 is 11.6 Å². The highest BCUT2D eigenvalue weighted by atomic mass is 35.5. The van der Waals surface area contributed by atoms with Crippen LogP contribution in [0.15, 0.2) is 18.2 Å². The van der Waals surface area contributed by atoms with Gasteiger partial charge in [0.25, 0.3) is 0 Å². The average molecular weight is 210 g/mol. The molecule has 0 aliphatic carbocycles. The van der Waals surface area contributed by atoms with Gasteiger partial charge < -0.3 is 0 Å². The SMILES string of the molecule is Cc1ccc(CN2CCCC2)c(Cl)c1. The summed E-state index contributed by atoms with van der Waals surface area (Å²) in [6.45, 7) is 5.54. The number of likely N-dealkylation sites (tertiary alicyclic amines) is 1. The molecule has 1 fully saturated rings. The molecule has 0 spiro atoms. The van der Waals surface area contributed by atoms with Crippen molar-refractivity contribution in [2.75, 3.05) is 13.1 Å². The van der Waals surface area contributed by atoms with Crippen molar-refractivity contribution in [3.8, 4) is 0 Å². The van der Waals surface area contributed by atoms with Crippen molar-refractivity contribution in [2.24, 2.45) is 0 Å². The topological polar surface area (TPSA) is 3.24 Å². The maximum atomic E-state index is 6.18. The van der Waals surface area contributed by atoms with Gasteiger partial charge in [0.2, 0.25) is 0 Å². The standard InChI is InChI=1S/C12H16ClN/c1-10-4-5-11(12(13)8-10)9-14-6-2-3-7-14/h4-5,8H,2-3,6-7,9H2,1H3. The third-order valence-electron chi connectivity index (χ3n) is 2.80. The number of nitrogens with zero attached hydrogens (tertiary/aromatic N) is 1. The second-order valence-electron chi connectivity index (χ2n) is 4.08. The van der Waals surface area contributed by atoms with Crippen LogP contribution in [0.5, 0.6) is 0 Å². The van der Waals surface area contributed by atoms with Gasteiger partial charge in [0.05, 0.1) is 0 Å². The van der Waals surface area contributed by atoms with E-state index in [1.54, 1.807) is 0 Å². The molecule has 0 amide bonds. The van der Waals surface area contributed by atoms with E-state index in [1.165, 1.54) is 37.1 Å². The first kappa shape index (κ1) is 10.0. The zero-order valence-corrected chi connectivity index (χ0v) is 9.35. The number of hydrogen-bond donors (Lipinski definition) is 0. The van der Waals surface area contributed by atoms with Crippen molar-refractivity contribution in [3.05, 3.63) is 34.3 Å². The summed E-state index contributed by atoms with van der Waals surface area (Å²) >= 11 is 6.18. The Balaban J connectivity index is 2.08. The maximum Gasteiger partial charge on any atom is 0.0453 e. The molecular weight excluding hydrogens is 194 g/mol. The van der Waals surface area contributed by atoms with Gasteiger partial charge in [-0.1, -0.05) is 23.7 Å². The largest absolute Gasteiger partial charge is 0.299 e. The second kappa shape index (κ2) is 4.33. The highest BCUT2D eigenvalue weighted by Crippen LogP contribution is 2.21. The first-order chi connectivity index (χ1) is 6.75. The van der Waals surface area contributed by atoms with E-state index in [2.05, 4.69) is 24.0 Å². The van der Waals surface area contributed by atoms with Crippen molar-refractivity contribution in [3.63, 3.8) is 0 Å². The van der Waals surface area contributed by atoms with Crippen LogP contribution in [-0.4, -0.2) is 18.0 Å². The Labute approximate surface area is 90.7 Å². The number of aryl methyl sites for hydroxylation is 1. The van der Waals surface area contributed by atoms with Crippen LogP contribution < -0.4 is 0 Å². The fraction of sp³-hybridized carbons (Fsp3) is 0.500. The summed E-state index contributed by atoms with van der Waals surface area (Å²) in [6, 6.07) is 6.33. The van der Waals surface area contributed by atoms with E-state index in [4.69, 9.17) is 11.6 Å². The van der Waals surface area contributed by atoms with Crippen molar-refractivity contribution < 1.29 is 0 Å². The van der Waals surface area contributed by atoms with E-state index in [-0.39, 0.29) is 0 Å². The highest BCUT2D eigenvalue weighted by molar-refractivity contribution is 6.31. The number of rotatable bonds is 2. The van der Waals surface area contributed by atoms with Gasteiger partial charge >= 0.3 is 0 Å². The zero-order chi connectivity index (χ0) is 9.97. The third-order valence-corrected chi connectivity index (χ3v) is 3.15. The van der Waals surface area contributed by atoms with Crippen LogP contribution in [0.4, 0.5) is 0 Å². The van der Waals surface area contributed by atoms with E-state index < -0.39 is 0 Å². The quantitative estimate of drug-likeness (QED) is 0.723. The molecule has 1 aliphatic heterocycles. The maximum absolute atomic E-state index is 6.18. The fourth-order valence-corrected chi connectivity index (χ4v) is 2.26. The summed E-state index contributed by atoms with van der Waals surface area (Å²) in [5.41, 5.74) is 2.50. The Morgan fingerprint density at radius 2 is 2.00 bits per heavy atom. The van der Waals surface area contributed by atoms with Crippen LogP contribution in [0.25, 0.3) is 0 Å². The molecule has 2 rings (SSSR count). The van der Waals surface area contributed by atoms with Gasteiger partial charge in [-0.05, 0) is 50.0 Å². The Morgan fingerprint density at radius 3 is 2.64 bits per heavy atom. The monoisotopic (exact) mass is 209 g/mol. The fourth-order valence-electron chi connectivity index (χ4n) is 1.96. The van der Waals surface area contributed by atoms with Crippen LogP contribution in [-0.2, 0) is 6.54 Å². The molecule has 0 unspecified atom stereocenters. The summed E-state index contributed by atoms with van der Waals surface area (Å²) in [4.78, 5) is 2.47. The molecule has 0 aromatic heterocycles. The lowest BCUT2D eigenvalue weighted by atomic mass is 10.1. The average Bonchev–Trinajstić information content (AvgIpc) is 2.62. The van der Waals surface area contributed by atoms with Gasteiger partial charge in [-0.3, -0.25) is 4.90 Å². The van der Waals surface area contributed by atoms with Gasteiger partial charge in [0.15, 0.2) is 0 Å². The van der Waals surface area contributed by atoms with Gasteiger partial charge in [0, 0.05) is 11.6 Å². The normalized spacial score (nSPS) is 17.6. The van der Waals surface area contributed by atoms with Crippen LogP contribution in [0.2, 0.25) is 5.02 Å². The van der Waals surface area contributed by atoms with Crippen molar-refractivity contribution in [1.29, 1.82) is 0 Å². The van der Waals surface area contributed by atoms with Crippen molar-refractivity contribution in [1.82, 2.24) is 4.90 Å². The molecule has 1 aliphatic rings. The molecule has 0 atom stereocenters. The lowest BCUT2D eigenvalue weighted by Gasteiger charge is -2.15. The van der Waals surface area contributed by atoms with E-state index in [1.807, 2.05) is 6.07 Å². The Bertz CT molecular complexity index is 316. The Morgan fingerprint density at radius 1 is 1.29 bits per heavy atom. The van der Waals surface area contributed by atoms with Crippen LogP contribution >= 0.6 is 11.6 Å². The van der Waals surface area contributed by atoms with Crippen LogP contribution in [0, 0.1) is 6.92 Å². The second-order valence-corrected chi connectivity index (χ2v) is 4.49. The van der Waals surface area contributed by atoms with Crippen molar-refractivity contribution in [2.45, 2.75) is 26.3 Å². The first-order valence-corrected chi connectivity index (χ1v) is 5.61. The Hall–Kier alpha value is -0.530. The van der Waals surface area contributed by atoms with E-state index in [0.29, 0.717) is 0 Å². The summed E-state index contributed by atoms with van der Waals surface area (Å²) < 4.78 is 0. The lowest BCUT2D eigenvalue weighted by molar-refractivity contribution is 0.331. The molecule has 76 valence electrons. The van der Waals surface area contributed by atoms with Crippen LogP contribution in [0.1, 0.15) is 24.0 Å². The van der Waals surface area contributed by atoms with E-state index in [0.717, 1.165) is 11.6 Å². The van der Waals surface area contributed by atoms with Gasteiger partial charge in [0.1, 0.15) is 0 Å².